The number of nitrogens with one attached hydrogen (secondary N) is 1. The van der Waals surface area contributed by atoms with E-state index in [0.717, 1.165) is 12.0 Å². The van der Waals surface area contributed by atoms with Crippen LogP contribution in [0.3, 0.4) is 0 Å². The van der Waals surface area contributed by atoms with Crippen LogP contribution in [-0.2, 0) is 16.1 Å². The molecule has 1 aromatic carbocycles. The molecule has 1 aromatic rings. The van der Waals surface area contributed by atoms with Gasteiger partial charge in [0.2, 0.25) is 0 Å². The SMILES string of the molecule is O=C(N[C@H]1CCO[C@H](CO)C1)OCc1ccccc1. The number of aliphatic hydroxyl groups is 1. The third kappa shape index (κ3) is 4.54. The Morgan fingerprint density at radius 3 is 2.95 bits per heavy atom. The van der Waals surface area contributed by atoms with E-state index in [2.05, 4.69) is 5.32 Å². The Balaban J connectivity index is 1.72. The second kappa shape index (κ2) is 7.11. The summed E-state index contributed by atoms with van der Waals surface area (Å²) in [6.07, 6.45) is 0.758. The van der Waals surface area contributed by atoms with Crippen molar-refractivity contribution in [3.63, 3.8) is 0 Å². The molecule has 1 amide bonds. The molecular weight excluding hydrogens is 246 g/mol. The lowest BCUT2D eigenvalue weighted by atomic mass is 10.0. The zero-order valence-electron chi connectivity index (χ0n) is 10.7. The molecule has 0 radical (unpaired) electrons. The van der Waals surface area contributed by atoms with Gasteiger partial charge in [-0.3, -0.25) is 0 Å². The van der Waals surface area contributed by atoms with Crippen LogP contribution in [-0.4, -0.2) is 36.6 Å². The number of alkyl carbamates (subject to hydrolysis) is 1. The molecule has 2 rings (SSSR count). The number of hydrogen-bond acceptors (Lipinski definition) is 4. The molecule has 1 heterocycles. The highest BCUT2D eigenvalue weighted by Crippen LogP contribution is 2.13. The first kappa shape index (κ1) is 13.8. The molecule has 1 aliphatic rings. The van der Waals surface area contributed by atoms with E-state index in [9.17, 15) is 4.79 Å². The first-order chi connectivity index (χ1) is 9.28. The summed E-state index contributed by atoms with van der Waals surface area (Å²) in [6, 6.07) is 9.55. The predicted octanol–water partition coefficient (Wildman–Crippen LogP) is 1.45. The van der Waals surface area contributed by atoms with E-state index in [4.69, 9.17) is 14.6 Å². The van der Waals surface area contributed by atoms with Gasteiger partial charge in [0.1, 0.15) is 6.61 Å². The van der Waals surface area contributed by atoms with Crippen LogP contribution in [0, 0.1) is 0 Å². The zero-order valence-corrected chi connectivity index (χ0v) is 10.7. The molecule has 5 nitrogen and oxygen atoms in total. The molecule has 0 saturated carbocycles. The molecule has 0 aromatic heterocycles. The number of carbonyl (C=O) groups is 1. The van der Waals surface area contributed by atoms with Crippen molar-refractivity contribution in [2.24, 2.45) is 0 Å². The van der Waals surface area contributed by atoms with Crippen LogP contribution in [0.15, 0.2) is 30.3 Å². The molecule has 19 heavy (non-hydrogen) atoms. The van der Waals surface area contributed by atoms with Crippen LogP contribution in [0.5, 0.6) is 0 Å². The summed E-state index contributed by atoms with van der Waals surface area (Å²) in [4.78, 5) is 11.6. The van der Waals surface area contributed by atoms with Gasteiger partial charge in [0.25, 0.3) is 0 Å². The third-order valence-electron chi connectivity index (χ3n) is 3.11. The van der Waals surface area contributed by atoms with Gasteiger partial charge < -0.3 is 19.9 Å². The minimum Gasteiger partial charge on any atom is -0.445 e. The Hall–Kier alpha value is -1.59. The van der Waals surface area contributed by atoms with Gasteiger partial charge in [0.05, 0.1) is 12.7 Å². The average Bonchev–Trinajstić information content (AvgIpc) is 2.46. The fourth-order valence-corrected chi connectivity index (χ4v) is 2.07. The Kier molecular flexibility index (Phi) is 5.18. The van der Waals surface area contributed by atoms with Crippen molar-refractivity contribution in [3.8, 4) is 0 Å². The van der Waals surface area contributed by atoms with E-state index >= 15 is 0 Å². The van der Waals surface area contributed by atoms with E-state index in [0.29, 0.717) is 13.0 Å². The highest BCUT2D eigenvalue weighted by Gasteiger charge is 2.23. The van der Waals surface area contributed by atoms with Gasteiger partial charge in [0.15, 0.2) is 0 Å². The van der Waals surface area contributed by atoms with Gasteiger partial charge in [-0.25, -0.2) is 4.79 Å². The van der Waals surface area contributed by atoms with Crippen molar-refractivity contribution in [1.82, 2.24) is 5.32 Å². The summed E-state index contributed by atoms with van der Waals surface area (Å²) >= 11 is 0. The zero-order chi connectivity index (χ0) is 13.5. The average molecular weight is 265 g/mol. The van der Waals surface area contributed by atoms with Gasteiger partial charge in [-0.05, 0) is 18.4 Å². The van der Waals surface area contributed by atoms with Crippen LogP contribution >= 0.6 is 0 Å². The van der Waals surface area contributed by atoms with Gasteiger partial charge >= 0.3 is 6.09 Å². The summed E-state index contributed by atoms with van der Waals surface area (Å²) in [5.41, 5.74) is 0.956. The van der Waals surface area contributed by atoms with Gasteiger partial charge in [-0.1, -0.05) is 30.3 Å². The van der Waals surface area contributed by atoms with Crippen LogP contribution in [0.2, 0.25) is 0 Å². The highest BCUT2D eigenvalue weighted by atomic mass is 16.5. The maximum absolute atomic E-state index is 11.6. The Morgan fingerprint density at radius 2 is 2.21 bits per heavy atom. The normalized spacial score (nSPS) is 22.8. The largest absolute Gasteiger partial charge is 0.445 e. The van der Waals surface area contributed by atoms with E-state index in [1.807, 2.05) is 30.3 Å². The van der Waals surface area contributed by atoms with Crippen LogP contribution in [0.1, 0.15) is 18.4 Å². The smallest absolute Gasteiger partial charge is 0.407 e. The number of ether oxygens (including phenoxy) is 2. The molecule has 5 heteroatoms. The molecule has 0 unspecified atom stereocenters. The number of aliphatic hydroxyl groups excluding tert-OH is 1. The van der Waals surface area contributed by atoms with E-state index < -0.39 is 6.09 Å². The maximum atomic E-state index is 11.6. The number of rotatable bonds is 4. The summed E-state index contributed by atoms with van der Waals surface area (Å²) in [5, 5.41) is 11.8. The minimum atomic E-state index is -0.424. The maximum Gasteiger partial charge on any atom is 0.407 e. The third-order valence-corrected chi connectivity index (χ3v) is 3.11. The molecule has 1 aliphatic heterocycles. The molecule has 0 spiro atoms. The fraction of sp³-hybridized carbons (Fsp3) is 0.500. The van der Waals surface area contributed by atoms with Crippen molar-refractivity contribution in [2.45, 2.75) is 31.6 Å². The van der Waals surface area contributed by atoms with Crippen molar-refractivity contribution < 1.29 is 19.4 Å². The number of benzene rings is 1. The molecule has 0 aliphatic carbocycles. The summed E-state index contributed by atoms with van der Waals surface area (Å²) in [5.74, 6) is 0. The van der Waals surface area contributed by atoms with Gasteiger partial charge in [-0.15, -0.1) is 0 Å². The second-order valence-corrected chi connectivity index (χ2v) is 4.60. The van der Waals surface area contributed by atoms with Crippen molar-refractivity contribution in [1.29, 1.82) is 0 Å². The summed E-state index contributed by atoms with van der Waals surface area (Å²) in [7, 11) is 0. The Bertz CT molecular complexity index is 396. The molecule has 2 N–H and O–H groups in total. The predicted molar refractivity (Wildman–Crippen MR) is 69.6 cm³/mol. The molecule has 1 saturated heterocycles. The topological polar surface area (TPSA) is 67.8 Å². The van der Waals surface area contributed by atoms with Crippen LogP contribution in [0.4, 0.5) is 4.79 Å². The van der Waals surface area contributed by atoms with E-state index in [1.54, 1.807) is 0 Å². The second-order valence-electron chi connectivity index (χ2n) is 4.60. The van der Waals surface area contributed by atoms with Gasteiger partial charge in [-0.2, -0.15) is 0 Å². The van der Waals surface area contributed by atoms with Crippen molar-refractivity contribution in [3.05, 3.63) is 35.9 Å². The van der Waals surface area contributed by atoms with Gasteiger partial charge in [0, 0.05) is 12.6 Å². The number of hydrogen-bond donors (Lipinski definition) is 2. The molecular formula is C14H19NO4. The van der Waals surface area contributed by atoms with Crippen molar-refractivity contribution in [2.75, 3.05) is 13.2 Å². The van der Waals surface area contributed by atoms with Crippen molar-refractivity contribution >= 4 is 6.09 Å². The highest BCUT2D eigenvalue weighted by molar-refractivity contribution is 5.67. The first-order valence-corrected chi connectivity index (χ1v) is 6.47. The molecule has 104 valence electrons. The Morgan fingerprint density at radius 1 is 1.42 bits per heavy atom. The van der Waals surface area contributed by atoms with Crippen LogP contribution < -0.4 is 5.32 Å². The standard InChI is InChI=1S/C14H19NO4/c16-9-13-8-12(6-7-18-13)15-14(17)19-10-11-4-2-1-3-5-11/h1-5,12-13,16H,6-10H2,(H,15,17)/t12-,13-/m0/s1. The summed E-state index contributed by atoms with van der Waals surface area (Å²) in [6.45, 7) is 0.797. The first-order valence-electron chi connectivity index (χ1n) is 6.47. The van der Waals surface area contributed by atoms with Crippen LogP contribution in [0.25, 0.3) is 0 Å². The quantitative estimate of drug-likeness (QED) is 0.864. The lowest BCUT2D eigenvalue weighted by Crippen LogP contribution is -2.43. The lowest BCUT2D eigenvalue weighted by Gasteiger charge is -2.28. The molecule has 2 atom stereocenters. The molecule has 1 fully saturated rings. The summed E-state index contributed by atoms with van der Waals surface area (Å²) < 4.78 is 10.5. The number of carbonyl (C=O) groups excluding carboxylic acids is 1. The van der Waals surface area contributed by atoms with E-state index in [-0.39, 0.29) is 25.4 Å². The van der Waals surface area contributed by atoms with E-state index in [1.165, 1.54) is 0 Å². The Labute approximate surface area is 112 Å². The minimum absolute atomic E-state index is 0.00849. The molecule has 0 bridgehead atoms. The number of amides is 1. The fourth-order valence-electron chi connectivity index (χ4n) is 2.07. The monoisotopic (exact) mass is 265 g/mol. The lowest BCUT2D eigenvalue weighted by molar-refractivity contribution is -0.0286.